The van der Waals surface area contributed by atoms with Crippen molar-refractivity contribution in [1.82, 2.24) is 25.0 Å². The summed E-state index contributed by atoms with van der Waals surface area (Å²) in [7, 11) is 0. The summed E-state index contributed by atoms with van der Waals surface area (Å²) < 4.78 is 2.31. The third kappa shape index (κ3) is 5.14. The average Bonchev–Trinajstić information content (AvgIpc) is 2.86. The molecule has 2 atom stereocenters. The molecule has 2 rings (SSSR count). The Kier molecular flexibility index (Phi) is 6.77. The molecule has 0 saturated carbocycles. The van der Waals surface area contributed by atoms with Crippen LogP contribution in [0.5, 0.6) is 0 Å². The van der Waals surface area contributed by atoms with Crippen LogP contribution in [0.15, 0.2) is 0 Å². The van der Waals surface area contributed by atoms with Crippen molar-refractivity contribution in [2.24, 2.45) is 5.92 Å². The van der Waals surface area contributed by atoms with Gasteiger partial charge in [-0.25, -0.2) is 0 Å². The molecule has 0 aliphatic carbocycles. The zero-order valence-electron chi connectivity index (χ0n) is 14.5. The average molecular weight is 340 g/mol. The van der Waals surface area contributed by atoms with E-state index in [9.17, 15) is 4.79 Å². The van der Waals surface area contributed by atoms with Gasteiger partial charge in [-0.15, -0.1) is 0 Å². The van der Waals surface area contributed by atoms with Gasteiger partial charge in [-0.3, -0.25) is 19.4 Å². The van der Waals surface area contributed by atoms with E-state index in [4.69, 9.17) is 12.2 Å². The number of aromatic nitrogens is 3. The van der Waals surface area contributed by atoms with E-state index in [1.807, 2.05) is 0 Å². The highest BCUT2D eigenvalue weighted by atomic mass is 32.1. The smallest absolute Gasteiger partial charge is 0.240 e. The van der Waals surface area contributed by atoms with Gasteiger partial charge in [0.15, 0.2) is 4.77 Å². The van der Waals surface area contributed by atoms with Crippen LogP contribution < -0.4 is 5.32 Å². The number of hydrogen-bond donors (Lipinski definition) is 2. The minimum absolute atomic E-state index is 0.00300. The van der Waals surface area contributed by atoms with Crippen LogP contribution in [-0.4, -0.2) is 51.2 Å². The van der Waals surface area contributed by atoms with Crippen LogP contribution in [0, 0.1) is 10.7 Å². The Morgan fingerprint density at radius 2 is 2.35 bits per heavy atom. The Hall–Kier alpha value is -1.21. The summed E-state index contributed by atoms with van der Waals surface area (Å²) in [5, 5.41) is 10.0. The number of carbonyl (C=O) groups is 1. The van der Waals surface area contributed by atoms with Crippen molar-refractivity contribution in [3.63, 3.8) is 0 Å². The number of rotatable bonds is 7. The van der Waals surface area contributed by atoms with E-state index in [1.165, 1.54) is 12.8 Å². The molecule has 1 aliphatic rings. The van der Waals surface area contributed by atoms with Crippen LogP contribution >= 0.6 is 12.2 Å². The molecule has 0 radical (unpaired) electrons. The molecule has 1 aliphatic heterocycles. The zero-order valence-corrected chi connectivity index (χ0v) is 15.3. The van der Waals surface area contributed by atoms with Crippen LogP contribution in [0.25, 0.3) is 0 Å². The van der Waals surface area contributed by atoms with Gasteiger partial charge in [0.1, 0.15) is 12.4 Å². The maximum absolute atomic E-state index is 12.2. The fourth-order valence-corrected chi connectivity index (χ4v) is 3.36. The van der Waals surface area contributed by atoms with E-state index in [0.717, 1.165) is 37.7 Å². The number of nitrogens with one attached hydrogen (secondary N) is 2. The molecule has 2 heterocycles. The molecular weight excluding hydrogens is 310 g/mol. The first-order valence-corrected chi connectivity index (χ1v) is 9.07. The Balaban J connectivity index is 1.83. The lowest BCUT2D eigenvalue weighted by molar-refractivity contribution is -0.122. The highest BCUT2D eigenvalue weighted by Gasteiger charge is 2.21. The van der Waals surface area contributed by atoms with E-state index in [1.54, 1.807) is 4.57 Å². The van der Waals surface area contributed by atoms with Crippen LogP contribution in [0.4, 0.5) is 0 Å². The lowest BCUT2D eigenvalue weighted by Crippen LogP contribution is -2.46. The van der Waals surface area contributed by atoms with E-state index in [2.05, 4.69) is 41.2 Å². The van der Waals surface area contributed by atoms with Gasteiger partial charge >= 0.3 is 0 Å². The van der Waals surface area contributed by atoms with Crippen LogP contribution in [0.1, 0.15) is 45.9 Å². The molecule has 1 saturated heterocycles. The number of piperidine rings is 1. The van der Waals surface area contributed by atoms with Gasteiger partial charge in [0.25, 0.3) is 0 Å². The Bertz CT molecular complexity index is 567. The summed E-state index contributed by atoms with van der Waals surface area (Å²) in [6.45, 7) is 9.76. The monoisotopic (exact) mass is 339 g/mol. The van der Waals surface area contributed by atoms with E-state index < -0.39 is 0 Å². The molecule has 7 heteroatoms. The molecule has 2 N–H and O–H groups in total. The second-order valence-electron chi connectivity index (χ2n) is 6.68. The van der Waals surface area contributed by atoms with Gasteiger partial charge in [-0.2, -0.15) is 5.10 Å². The Morgan fingerprint density at radius 3 is 3.04 bits per heavy atom. The first kappa shape index (κ1) is 18.1. The normalized spacial score (nSPS) is 20.4. The lowest BCUT2D eigenvalue weighted by atomic mass is 9.99. The zero-order chi connectivity index (χ0) is 16.8. The number of nitrogens with zero attached hydrogens (tertiary/aromatic N) is 3. The maximum Gasteiger partial charge on any atom is 0.240 e. The van der Waals surface area contributed by atoms with Crippen LogP contribution in [0.2, 0.25) is 0 Å². The third-order valence-electron chi connectivity index (χ3n) is 4.52. The molecule has 1 fully saturated rings. The molecule has 1 amide bonds. The summed E-state index contributed by atoms with van der Waals surface area (Å²) in [5.74, 6) is 1.60. The Morgan fingerprint density at radius 1 is 1.57 bits per heavy atom. The summed E-state index contributed by atoms with van der Waals surface area (Å²) in [6, 6.07) is 0.370. The summed E-state index contributed by atoms with van der Waals surface area (Å²) in [4.78, 5) is 14.7. The van der Waals surface area contributed by atoms with Crippen molar-refractivity contribution >= 4 is 18.1 Å². The number of H-pyrrole nitrogens is 1. The summed E-state index contributed by atoms with van der Waals surface area (Å²) >= 11 is 5.21. The third-order valence-corrected chi connectivity index (χ3v) is 4.83. The fourth-order valence-electron chi connectivity index (χ4n) is 3.14. The largest absolute Gasteiger partial charge is 0.353 e. The van der Waals surface area contributed by atoms with Crippen molar-refractivity contribution in [3.05, 3.63) is 10.6 Å². The van der Waals surface area contributed by atoms with Crippen molar-refractivity contribution in [2.45, 2.75) is 59.0 Å². The quantitative estimate of drug-likeness (QED) is 0.747. The van der Waals surface area contributed by atoms with Gasteiger partial charge < -0.3 is 5.32 Å². The number of hydrogen-bond acceptors (Lipinski definition) is 4. The van der Waals surface area contributed by atoms with E-state index >= 15 is 0 Å². The number of amides is 1. The lowest BCUT2D eigenvalue weighted by Gasteiger charge is -2.35. The predicted octanol–water partition coefficient (Wildman–Crippen LogP) is 2.13. The van der Waals surface area contributed by atoms with Crippen molar-refractivity contribution in [2.75, 3.05) is 19.6 Å². The minimum atomic E-state index is -0.00300. The van der Waals surface area contributed by atoms with Crippen LogP contribution in [0.3, 0.4) is 0 Å². The number of aromatic amines is 1. The van der Waals surface area contributed by atoms with Gasteiger partial charge in [0.2, 0.25) is 5.91 Å². The molecule has 6 nitrogen and oxygen atoms in total. The molecule has 23 heavy (non-hydrogen) atoms. The van der Waals surface area contributed by atoms with Crippen molar-refractivity contribution in [3.8, 4) is 0 Å². The number of aryl methyl sites for hydroxylation is 1. The first-order valence-electron chi connectivity index (χ1n) is 8.66. The molecule has 1 aromatic heterocycles. The second-order valence-corrected chi connectivity index (χ2v) is 7.06. The number of carbonyl (C=O) groups excluding carboxylic acids is 1. The minimum Gasteiger partial charge on any atom is -0.353 e. The van der Waals surface area contributed by atoms with E-state index in [-0.39, 0.29) is 12.5 Å². The standard InChI is InChI=1S/C16H29N5OS/c1-4-6-14-18-19-16(23)21(14)11-15(22)17-9-13(3)20-8-5-7-12(2)10-20/h12-13H,4-11H2,1-3H3,(H,17,22)(H,19,23)/t12-,13-/m1/s1. The van der Waals surface area contributed by atoms with Crippen molar-refractivity contribution < 1.29 is 4.79 Å². The van der Waals surface area contributed by atoms with Crippen LogP contribution in [-0.2, 0) is 17.8 Å². The summed E-state index contributed by atoms with van der Waals surface area (Å²) in [6.07, 6.45) is 4.37. The predicted molar refractivity (Wildman–Crippen MR) is 93.8 cm³/mol. The maximum atomic E-state index is 12.2. The topological polar surface area (TPSA) is 66.0 Å². The molecule has 0 aromatic carbocycles. The molecule has 0 bridgehead atoms. The van der Waals surface area contributed by atoms with E-state index in [0.29, 0.717) is 17.4 Å². The van der Waals surface area contributed by atoms with Gasteiger partial charge in [0, 0.05) is 25.6 Å². The van der Waals surface area contributed by atoms with Gasteiger partial charge in [-0.05, 0) is 50.9 Å². The summed E-state index contributed by atoms with van der Waals surface area (Å²) in [5.41, 5.74) is 0. The van der Waals surface area contributed by atoms with Crippen molar-refractivity contribution in [1.29, 1.82) is 0 Å². The first-order chi connectivity index (χ1) is 11.0. The molecular formula is C16H29N5OS. The fraction of sp³-hybridized carbons (Fsp3) is 0.812. The highest BCUT2D eigenvalue weighted by Crippen LogP contribution is 2.17. The number of likely N-dealkylation sites (tertiary alicyclic amines) is 1. The molecule has 130 valence electrons. The highest BCUT2D eigenvalue weighted by molar-refractivity contribution is 7.71. The SMILES string of the molecule is CCCc1n[nH]c(=S)n1CC(=O)NC[C@@H](C)N1CCC[C@@H](C)C1. The molecule has 0 spiro atoms. The van der Waals surface area contributed by atoms with Gasteiger partial charge in [-0.1, -0.05) is 13.8 Å². The molecule has 0 unspecified atom stereocenters. The van der Waals surface area contributed by atoms with Gasteiger partial charge in [0.05, 0.1) is 0 Å². The Labute approximate surface area is 143 Å². The second kappa shape index (κ2) is 8.59. The molecule has 1 aromatic rings.